The van der Waals surface area contributed by atoms with Gasteiger partial charge in [-0.25, -0.2) is 0 Å². The largest absolute Gasteiger partial charge is 0.464 e. The summed E-state index contributed by atoms with van der Waals surface area (Å²) < 4.78 is 43.7. The number of hydrogen-bond donors (Lipinski definition) is 0. The molecule has 16 heavy (non-hydrogen) atoms. The van der Waals surface area contributed by atoms with Gasteiger partial charge in [-0.2, -0.15) is 13.2 Å². The number of furan rings is 1. The van der Waals surface area contributed by atoms with Crippen molar-refractivity contribution in [2.24, 2.45) is 0 Å². The van der Waals surface area contributed by atoms with Gasteiger partial charge in [0.2, 0.25) is 0 Å². The van der Waals surface area contributed by atoms with E-state index in [0.29, 0.717) is 4.47 Å². The van der Waals surface area contributed by atoms with Crippen molar-refractivity contribution < 1.29 is 17.6 Å². The minimum absolute atomic E-state index is 0.0341. The lowest BCUT2D eigenvalue weighted by molar-refractivity contribution is -0.137. The molecule has 1 nitrogen and oxygen atoms in total. The van der Waals surface area contributed by atoms with Crippen LogP contribution in [0.4, 0.5) is 13.2 Å². The topological polar surface area (TPSA) is 13.1 Å². The monoisotopic (exact) mass is 290 g/mol. The summed E-state index contributed by atoms with van der Waals surface area (Å²) in [6, 6.07) is 6.83. The summed E-state index contributed by atoms with van der Waals surface area (Å²) in [5.41, 5.74) is -0.669. The summed E-state index contributed by atoms with van der Waals surface area (Å²) in [5.74, 6) is 0.202. The third-order valence-electron chi connectivity index (χ3n) is 2.07. The Bertz CT molecular complexity index is 488. The average molecular weight is 291 g/mol. The predicted molar refractivity (Wildman–Crippen MR) is 56.8 cm³/mol. The first-order valence-electron chi connectivity index (χ1n) is 4.39. The van der Waals surface area contributed by atoms with Crippen LogP contribution in [0.15, 0.2) is 45.5 Å². The lowest BCUT2D eigenvalue weighted by Crippen LogP contribution is -2.06. The summed E-state index contributed by atoms with van der Waals surface area (Å²) >= 11 is 3.14. The molecule has 0 aliphatic carbocycles. The van der Waals surface area contributed by atoms with Crippen LogP contribution in [0.1, 0.15) is 5.56 Å². The van der Waals surface area contributed by atoms with Gasteiger partial charge in [-0.15, -0.1) is 0 Å². The molecule has 0 unspecified atom stereocenters. The van der Waals surface area contributed by atoms with Crippen LogP contribution in [0.2, 0.25) is 0 Å². The Morgan fingerprint density at radius 2 is 1.88 bits per heavy atom. The van der Waals surface area contributed by atoms with Crippen LogP contribution in [-0.4, -0.2) is 0 Å². The van der Waals surface area contributed by atoms with Gasteiger partial charge in [0.25, 0.3) is 0 Å². The molecule has 2 rings (SSSR count). The standard InChI is InChI=1S/C11H6BrF3O/c12-7-3-4-9(11(13,14)15)8(6-7)10-2-1-5-16-10/h1-6H. The summed E-state index contributed by atoms with van der Waals surface area (Å²) in [5, 5.41) is 0. The maximum Gasteiger partial charge on any atom is 0.417 e. The molecule has 0 aliphatic heterocycles. The molecule has 0 spiro atoms. The van der Waals surface area contributed by atoms with E-state index in [4.69, 9.17) is 4.42 Å². The fourth-order valence-electron chi connectivity index (χ4n) is 1.40. The van der Waals surface area contributed by atoms with E-state index < -0.39 is 11.7 Å². The second-order valence-electron chi connectivity index (χ2n) is 3.16. The van der Waals surface area contributed by atoms with Crippen molar-refractivity contribution in [1.29, 1.82) is 0 Å². The average Bonchev–Trinajstić information content (AvgIpc) is 2.68. The number of alkyl halides is 3. The minimum Gasteiger partial charge on any atom is -0.464 e. The first-order valence-corrected chi connectivity index (χ1v) is 5.18. The lowest BCUT2D eigenvalue weighted by atomic mass is 10.1. The molecule has 1 heterocycles. The van der Waals surface area contributed by atoms with Gasteiger partial charge in [0.05, 0.1) is 11.8 Å². The Balaban J connectivity index is 2.63. The molecular weight excluding hydrogens is 285 g/mol. The van der Waals surface area contributed by atoms with Crippen LogP contribution >= 0.6 is 15.9 Å². The van der Waals surface area contributed by atoms with Crippen molar-refractivity contribution >= 4 is 15.9 Å². The third-order valence-corrected chi connectivity index (χ3v) is 2.57. The fourth-order valence-corrected chi connectivity index (χ4v) is 1.76. The Morgan fingerprint density at radius 1 is 1.12 bits per heavy atom. The number of benzene rings is 1. The zero-order chi connectivity index (χ0) is 11.8. The lowest BCUT2D eigenvalue weighted by Gasteiger charge is -2.11. The first kappa shape index (κ1) is 11.3. The number of halogens is 4. The highest BCUT2D eigenvalue weighted by molar-refractivity contribution is 9.10. The summed E-state index contributed by atoms with van der Waals surface area (Å²) in [6.45, 7) is 0. The molecule has 2 aromatic rings. The van der Waals surface area contributed by atoms with E-state index in [2.05, 4.69) is 15.9 Å². The van der Waals surface area contributed by atoms with E-state index in [-0.39, 0.29) is 11.3 Å². The molecule has 0 fully saturated rings. The van der Waals surface area contributed by atoms with Gasteiger partial charge >= 0.3 is 6.18 Å². The molecule has 0 bridgehead atoms. The number of hydrogen-bond acceptors (Lipinski definition) is 1. The highest BCUT2D eigenvalue weighted by Crippen LogP contribution is 2.38. The highest BCUT2D eigenvalue weighted by Gasteiger charge is 2.34. The van der Waals surface area contributed by atoms with Gasteiger partial charge in [0, 0.05) is 10.0 Å². The molecule has 1 aromatic heterocycles. The van der Waals surface area contributed by atoms with Crippen LogP contribution in [0.3, 0.4) is 0 Å². The van der Waals surface area contributed by atoms with Crippen molar-refractivity contribution in [2.75, 3.05) is 0 Å². The van der Waals surface area contributed by atoms with E-state index in [1.54, 1.807) is 6.07 Å². The molecule has 84 valence electrons. The Labute approximate surface area is 98.0 Å². The molecule has 1 aromatic carbocycles. The maximum absolute atomic E-state index is 12.7. The predicted octanol–water partition coefficient (Wildman–Crippen LogP) is 4.73. The van der Waals surface area contributed by atoms with Crippen molar-refractivity contribution in [2.45, 2.75) is 6.18 Å². The van der Waals surface area contributed by atoms with Crippen LogP contribution < -0.4 is 0 Å². The van der Waals surface area contributed by atoms with Crippen molar-refractivity contribution in [1.82, 2.24) is 0 Å². The number of rotatable bonds is 1. The molecule has 5 heteroatoms. The van der Waals surface area contributed by atoms with Gasteiger partial charge in [0.1, 0.15) is 5.76 Å². The highest BCUT2D eigenvalue weighted by atomic mass is 79.9. The van der Waals surface area contributed by atoms with E-state index in [9.17, 15) is 13.2 Å². The quantitative estimate of drug-likeness (QED) is 0.740. The Morgan fingerprint density at radius 3 is 2.44 bits per heavy atom. The first-order chi connectivity index (χ1) is 7.48. The van der Waals surface area contributed by atoms with Gasteiger partial charge in [-0.05, 0) is 30.3 Å². The molecule has 0 radical (unpaired) electrons. The fraction of sp³-hybridized carbons (Fsp3) is 0.0909. The van der Waals surface area contributed by atoms with E-state index in [1.807, 2.05) is 0 Å². The molecular formula is C11H6BrF3O. The zero-order valence-electron chi connectivity index (χ0n) is 7.88. The molecule has 0 atom stereocenters. The van der Waals surface area contributed by atoms with Crippen molar-refractivity contribution in [3.8, 4) is 11.3 Å². The molecule has 0 saturated carbocycles. The zero-order valence-corrected chi connectivity index (χ0v) is 9.47. The third kappa shape index (κ3) is 2.14. The van der Waals surface area contributed by atoms with E-state index in [0.717, 1.165) is 6.07 Å². The van der Waals surface area contributed by atoms with Crippen molar-refractivity contribution in [3.05, 3.63) is 46.6 Å². The van der Waals surface area contributed by atoms with Gasteiger partial charge in [-0.3, -0.25) is 0 Å². The van der Waals surface area contributed by atoms with Crippen LogP contribution in [-0.2, 0) is 6.18 Å². The van der Waals surface area contributed by atoms with Crippen LogP contribution in [0.25, 0.3) is 11.3 Å². The Hall–Kier alpha value is -1.23. The summed E-state index contributed by atoms with van der Waals surface area (Å²) in [6.07, 6.45) is -3.04. The van der Waals surface area contributed by atoms with E-state index in [1.165, 1.54) is 24.5 Å². The smallest absolute Gasteiger partial charge is 0.417 e. The van der Waals surface area contributed by atoms with Crippen molar-refractivity contribution in [3.63, 3.8) is 0 Å². The van der Waals surface area contributed by atoms with Gasteiger partial charge in [-0.1, -0.05) is 15.9 Å². The second-order valence-corrected chi connectivity index (χ2v) is 4.08. The second kappa shape index (κ2) is 3.97. The normalized spacial score (nSPS) is 11.8. The SMILES string of the molecule is FC(F)(F)c1ccc(Br)cc1-c1ccco1. The van der Waals surface area contributed by atoms with Gasteiger partial charge < -0.3 is 4.42 Å². The van der Waals surface area contributed by atoms with Crippen LogP contribution in [0.5, 0.6) is 0 Å². The molecule has 0 saturated heterocycles. The molecule has 0 N–H and O–H groups in total. The maximum atomic E-state index is 12.7. The Kier molecular flexibility index (Phi) is 2.80. The summed E-state index contributed by atoms with van der Waals surface area (Å²) in [7, 11) is 0. The summed E-state index contributed by atoms with van der Waals surface area (Å²) in [4.78, 5) is 0. The van der Waals surface area contributed by atoms with Crippen LogP contribution in [0, 0.1) is 0 Å². The molecule has 0 aliphatic rings. The van der Waals surface area contributed by atoms with E-state index >= 15 is 0 Å². The molecule has 0 amide bonds. The minimum atomic E-state index is -4.39. The van der Waals surface area contributed by atoms with Gasteiger partial charge in [0.15, 0.2) is 0 Å².